The third-order valence-corrected chi connectivity index (χ3v) is 3.65. The van der Waals surface area contributed by atoms with E-state index < -0.39 is 0 Å². The molecule has 0 atom stereocenters. The smallest absolute Gasteiger partial charge is 0.286 e. The van der Waals surface area contributed by atoms with Gasteiger partial charge in [0.2, 0.25) is 9.97 Å². The van der Waals surface area contributed by atoms with Crippen LogP contribution in [-0.4, -0.2) is 39.9 Å². The summed E-state index contributed by atoms with van der Waals surface area (Å²) in [4.78, 5) is 12.8. The molecule has 2 heterocycles. The van der Waals surface area contributed by atoms with E-state index in [0.29, 0.717) is 22.1 Å². The number of benzene rings is 1. The molecule has 8 nitrogen and oxygen atoms in total. The molecule has 0 radical (unpaired) electrons. The minimum absolute atomic E-state index is 0.290. The fraction of sp³-hybridized carbons (Fsp3) is 0.167. The topological polar surface area (TPSA) is 90.6 Å². The number of methoxy groups -OCH3 is 2. The van der Waals surface area contributed by atoms with Crippen molar-refractivity contribution in [1.82, 2.24) is 19.8 Å². The number of nitrogens with one attached hydrogen (secondary N) is 1. The molecule has 0 aliphatic heterocycles. The van der Waals surface area contributed by atoms with Crippen molar-refractivity contribution >= 4 is 27.9 Å². The predicted octanol–water partition coefficient (Wildman–Crippen LogP) is 1.46. The van der Waals surface area contributed by atoms with Crippen LogP contribution in [0.4, 0.5) is 5.69 Å². The van der Waals surface area contributed by atoms with Crippen molar-refractivity contribution in [2.45, 2.75) is 0 Å². The van der Waals surface area contributed by atoms with Crippen LogP contribution in [0.3, 0.4) is 0 Å². The Balaban J connectivity index is 1.85. The predicted molar refractivity (Wildman–Crippen MR) is 76.2 cm³/mol. The second-order valence-electron chi connectivity index (χ2n) is 3.99. The summed E-state index contributed by atoms with van der Waals surface area (Å²) in [7, 11) is 3.08. The number of aromatic nitrogens is 4. The van der Waals surface area contributed by atoms with E-state index in [4.69, 9.17) is 9.47 Å². The third kappa shape index (κ3) is 2.50. The van der Waals surface area contributed by atoms with Gasteiger partial charge in [-0.2, -0.15) is 4.52 Å². The van der Waals surface area contributed by atoms with Gasteiger partial charge < -0.3 is 14.8 Å². The van der Waals surface area contributed by atoms with Gasteiger partial charge in [0.25, 0.3) is 5.91 Å². The molecule has 0 aliphatic carbocycles. The molecular weight excluding hydrogens is 294 g/mol. The average molecular weight is 305 g/mol. The van der Waals surface area contributed by atoms with Crippen molar-refractivity contribution in [3.05, 3.63) is 29.5 Å². The van der Waals surface area contributed by atoms with Crippen LogP contribution in [-0.2, 0) is 0 Å². The Bertz CT molecular complexity index is 769. The van der Waals surface area contributed by atoms with Gasteiger partial charge >= 0.3 is 0 Å². The summed E-state index contributed by atoms with van der Waals surface area (Å²) in [6, 6.07) is 5.13. The van der Waals surface area contributed by atoms with Gasteiger partial charge in [-0.05, 0) is 12.1 Å². The van der Waals surface area contributed by atoms with E-state index in [1.165, 1.54) is 18.0 Å². The van der Waals surface area contributed by atoms with Crippen LogP contribution >= 0.6 is 11.3 Å². The second-order valence-corrected chi connectivity index (χ2v) is 4.94. The van der Waals surface area contributed by atoms with Crippen LogP contribution < -0.4 is 14.8 Å². The number of carbonyl (C=O) groups excluding carboxylic acids is 1. The minimum Gasteiger partial charge on any atom is -0.497 e. The molecule has 21 heavy (non-hydrogen) atoms. The fourth-order valence-electron chi connectivity index (χ4n) is 1.73. The van der Waals surface area contributed by atoms with Crippen molar-refractivity contribution in [2.75, 3.05) is 19.5 Å². The molecule has 2 aromatic heterocycles. The van der Waals surface area contributed by atoms with Gasteiger partial charge in [-0.3, -0.25) is 4.79 Å². The monoisotopic (exact) mass is 305 g/mol. The van der Waals surface area contributed by atoms with Crippen molar-refractivity contribution in [3.63, 3.8) is 0 Å². The second kappa shape index (κ2) is 5.37. The van der Waals surface area contributed by atoms with Crippen molar-refractivity contribution in [3.8, 4) is 11.5 Å². The number of anilines is 1. The molecule has 0 saturated heterocycles. The lowest BCUT2D eigenvalue weighted by Gasteiger charge is -2.10. The highest BCUT2D eigenvalue weighted by Gasteiger charge is 2.16. The Morgan fingerprint density at radius 1 is 1.33 bits per heavy atom. The summed E-state index contributed by atoms with van der Waals surface area (Å²) in [6.07, 6.45) is 1.44. The molecule has 0 unspecified atom stereocenters. The molecule has 0 spiro atoms. The lowest BCUT2D eigenvalue weighted by molar-refractivity contribution is 0.102. The molecule has 0 fully saturated rings. The first kappa shape index (κ1) is 13.3. The molecule has 0 aliphatic rings. The van der Waals surface area contributed by atoms with Gasteiger partial charge in [0.05, 0.1) is 19.9 Å². The number of fused-ring (bicyclic) bond motifs is 1. The zero-order valence-corrected chi connectivity index (χ0v) is 12.0. The summed E-state index contributed by atoms with van der Waals surface area (Å²) in [5, 5.41) is 14.6. The molecule has 1 N–H and O–H groups in total. The number of ether oxygens (including phenoxy) is 2. The first-order valence-corrected chi connectivity index (χ1v) is 6.73. The summed E-state index contributed by atoms with van der Waals surface area (Å²) in [5.41, 5.74) is 0.536. The van der Waals surface area contributed by atoms with Crippen LogP contribution in [0.1, 0.15) is 9.80 Å². The largest absolute Gasteiger partial charge is 0.497 e. The normalized spacial score (nSPS) is 10.6. The van der Waals surface area contributed by atoms with Crippen LogP contribution in [0.25, 0.3) is 4.96 Å². The van der Waals surface area contributed by atoms with Crippen LogP contribution in [0.5, 0.6) is 11.5 Å². The highest BCUT2D eigenvalue weighted by Crippen LogP contribution is 2.29. The first-order chi connectivity index (χ1) is 10.2. The summed E-state index contributed by atoms with van der Waals surface area (Å²) >= 11 is 1.15. The average Bonchev–Trinajstić information content (AvgIpc) is 3.08. The summed E-state index contributed by atoms with van der Waals surface area (Å²) in [6.45, 7) is 0. The van der Waals surface area contributed by atoms with Gasteiger partial charge in [0.1, 0.15) is 17.8 Å². The Labute approximate surface area is 123 Å². The summed E-state index contributed by atoms with van der Waals surface area (Å²) in [5.74, 6) is 0.809. The lowest BCUT2D eigenvalue weighted by Crippen LogP contribution is -2.12. The van der Waals surface area contributed by atoms with Gasteiger partial charge in [-0.15, -0.1) is 15.3 Å². The van der Waals surface area contributed by atoms with Crippen LogP contribution in [0.2, 0.25) is 0 Å². The molecule has 3 rings (SSSR count). The molecule has 1 aromatic carbocycles. The Morgan fingerprint density at radius 3 is 2.90 bits per heavy atom. The van der Waals surface area contributed by atoms with E-state index in [1.807, 2.05) is 0 Å². The standard InChI is InChI=1S/C12H11N5O3S/c1-19-7-3-4-8(9(5-7)20-2)14-10(18)11-16-17-6-13-15-12(17)21-11/h3-6H,1-2H3,(H,14,18). The number of hydrogen-bond acceptors (Lipinski definition) is 7. The third-order valence-electron chi connectivity index (χ3n) is 2.74. The van der Waals surface area contributed by atoms with Gasteiger partial charge in [-0.25, -0.2) is 0 Å². The minimum atomic E-state index is -0.339. The Morgan fingerprint density at radius 2 is 2.19 bits per heavy atom. The van der Waals surface area contributed by atoms with Crippen LogP contribution in [0.15, 0.2) is 24.5 Å². The SMILES string of the molecule is COc1ccc(NC(=O)c2nn3cnnc3s2)c(OC)c1. The van der Waals surface area contributed by atoms with E-state index >= 15 is 0 Å². The number of carbonyl (C=O) groups is 1. The van der Waals surface area contributed by atoms with E-state index in [2.05, 4.69) is 20.6 Å². The van der Waals surface area contributed by atoms with Crippen LogP contribution in [0, 0.1) is 0 Å². The maximum atomic E-state index is 12.2. The molecule has 0 bridgehead atoms. The molecule has 9 heteroatoms. The zero-order valence-electron chi connectivity index (χ0n) is 11.2. The molecule has 108 valence electrons. The maximum absolute atomic E-state index is 12.2. The quantitative estimate of drug-likeness (QED) is 0.784. The molecular formula is C12H11N5O3S. The molecule has 3 aromatic rings. The maximum Gasteiger partial charge on any atom is 0.286 e. The molecule has 0 saturated carbocycles. The van der Waals surface area contributed by atoms with E-state index in [0.717, 1.165) is 11.3 Å². The highest BCUT2D eigenvalue weighted by atomic mass is 32.1. The van der Waals surface area contributed by atoms with E-state index in [1.54, 1.807) is 25.3 Å². The Hall–Kier alpha value is -2.68. The highest BCUT2D eigenvalue weighted by molar-refractivity contribution is 7.18. The van der Waals surface area contributed by atoms with E-state index in [9.17, 15) is 4.79 Å². The fourth-order valence-corrected chi connectivity index (χ4v) is 2.44. The van der Waals surface area contributed by atoms with Gasteiger partial charge in [0.15, 0.2) is 0 Å². The van der Waals surface area contributed by atoms with Gasteiger partial charge in [0, 0.05) is 6.07 Å². The number of nitrogens with zero attached hydrogens (tertiary/aromatic N) is 4. The number of rotatable bonds is 4. The summed E-state index contributed by atoms with van der Waals surface area (Å²) < 4.78 is 11.8. The first-order valence-electron chi connectivity index (χ1n) is 5.91. The van der Waals surface area contributed by atoms with E-state index in [-0.39, 0.29) is 10.9 Å². The number of amides is 1. The number of hydrogen-bond donors (Lipinski definition) is 1. The van der Waals surface area contributed by atoms with Crippen molar-refractivity contribution in [2.24, 2.45) is 0 Å². The lowest BCUT2D eigenvalue weighted by atomic mass is 10.2. The van der Waals surface area contributed by atoms with Crippen molar-refractivity contribution < 1.29 is 14.3 Å². The molecule has 1 amide bonds. The van der Waals surface area contributed by atoms with Gasteiger partial charge in [-0.1, -0.05) is 11.3 Å². The Kier molecular flexibility index (Phi) is 3.40. The zero-order chi connectivity index (χ0) is 14.8. The van der Waals surface area contributed by atoms with Crippen molar-refractivity contribution in [1.29, 1.82) is 0 Å².